The van der Waals surface area contributed by atoms with E-state index in [2.05, 4.69) is 15.3 Å². The Morgan fingerprint density at radius 1 is 0.971 bits per heavy atom. The molecule has 0 atom stereocenters. The zero-order chi connectivity index (χ0) is 24.4. The van der Waals surface area contributed by atoms with E-state index in [9.17, 15) is 13.2 Å². The number of carbonyl (C=O) groups excluding carboxylic acids is 1. The van der Waals surface area contributed by atoms with Crippen LogP contribution in [0.15, 0.2) is 102 Å². The highest BCUT2D eigenvalue weighted by Crippen LogP contribution is 2.29. The van der Waals surface area contributed by atoms with Crippen molar-refractivity contribution in [2.45, 2.75) is 4.90 Å². The minimum Gasteiger partial charge on any atom is -0.456 e. The van der Waals surface area contributed by atoms with E-state index in [4.69, 9.17) is 4.74 Å². The fraction of sp³-hybridized carbons (Fsp3) is 0.0385. The lowest BCUT2D eigenvalue weighted by atomic mass is 10.1. The first kappa shape index (κ1) is 22.3. The second-order valence-corrected chi connectivity index (χ2v) is 9.85. The van der Waals surface area contributed by atoms with E-state index in [-0.39, 0.29) is 16.2 Å². The first-order valence-electron chi connectivity index (χ1n) is 10.6. The van der Waals surface area contributed by atoms with Gasteiger partial charge in [0, 0.05) is 48.4 Å². The summed E-state index contributed by atoms with van der Waals surface area (Å²) in [5, 5.41) is 2.84. The number of nitrogens with one attached hydrogen (secondary N) is 1. The van der Waals surface area contributed by atoms with Gasteiger partial charge in [0.2, 0.25) is 0 Å². The summed E-state index contributed by atoms with van der Waals surface area (Å²) in [6, 6.07) is 20.5. The number of imidazole rings is 1. The number of sulfone groups is 1. The number of benzene rings is 2. The molecule has 1 N–H and O–H groups in total. The van der Waals surface area contributed by atoms with E-state index in [1.807, 2.05) is 47.1 Å². The predicted molar refractivity (Wildman–Crippen MR) is 132 cm³/mol. The van der Waals surface area contributed by atoms with Crippen LogP contribution in [0.4, 0.5) is 5.69 Å². The second-order valence-electron chi connectivity index (χ2n) is 7.84. The minimum atomic E-state index is -3.49. The zero-order valence-corrected chi connectivity index (χ0v) is 19.4. The number of fused-ring (bicyclic) bond motifs is 1. The minimum absolute atomic E-state index is 0.0508. The van der Waals surface area contributed by atoms with Crippen molar-refractivity contribution in [2.24, 2.45) is 0 Å². The van der Waals surface area contributed by atoms with E-state index in [0.717, 1.165) is 23.2 Å². The monoisotopic (exact) mass is 484 g/mol. The molecule has 0 radical (unpaired) electrons. The molecule has 9 heteroatoms. The highest BCUT2D eigenvalue weighted by molar-refractivity contribution is 7.90. The molecule has 0 aliphatic heterocycles. The van der Waals surface area contributed by atoms with Crippen LogP contribution in [-0.2, 0) is 9.84 Å². The van der Waals surface area contributed by atoms with Crippen LogP contribution in [0.2, 0.25) is 0 Å². The van der Waals surface area contributed by atoms with Gasteiger partial charge in [-0.1, -0.05) is 18.2 Å². The molecule has 0 saturated heterocycles. The van der Waals surface area contributed by atoms with Gasteiger partial charge < -0.3 is 14.5 Å². The van der Waals surface area contributed by atoms with Gasteiger partial charge in [-0.2, -0.15) is 0 Å². The average molecular weight is 485 g/mol. The molecule has 0 fully saturated rings. The molecular formula is C26H20N4O4S. The summed E-state index contributed by atoms with van der Waals surface area (Å²) in [5.74, 6) is 0.115. The maximum atomic E-state index is 13.1. The zero-order valence-electron chi connectivity index (χ0n) is 18.6. The summed E-state index contributed by atoms with van der Waals surface area (Å²) in [6.07, 6.45) is 8.05. The number of carbonyl (C=O) groups is 1. The third kappa shape index (κ3) is 4.90. The van der Waals surface area contributed by atoms with Gasteiger partial charge in [-0.3, -0.25) is 9.78 Å². The second kappa shape index (κ2) is 9.03. The summed E-state index contributed by atoms with van der Waals surface area (Å²) in [7, 11) is -3.49. The van der Waals surface area contributed by atoms with E-state index >= 15 is 0 Å². The Labute approximate surface area is 201 Å². The molecule has 5 rings (SSSR count). The predicted octanol–water partition coefficient (Wildman–Crippen LogP) is 4.84. The van der Waals surface area contributed by atoms with Crippen LogP contribution in [0.1, 0.15) is 10.4 Å². The van der Waals surface area contributed by atoms with Gasteiger partial charge in [0.05, 0.1) is 16.2 Å². The Hall–Kier alpha value is -4.50. The van der Waals surface area contributed by atoms with Gasteiger partial charge in [0.15, 0.2) is 9.84 Å². The van der Waals surface area contributed by atoms with Gasteiger partial charge in [-0.15, -0.1) is 0 Å². The standard InChI is InChI=1S/C26H20N4O4S/c1-35(32,33)21-9-10-22(24(16-21)34-20-11-13-27-14-12-20)26(31)28-19-7-5-18(6-8-19)23-17-30-15-3-2-4-25(30)29-23/h2-17H,1H3,(H,28,31). The molecule has 174 valence electrons. The van der Waals surface area contributed by atoms with Crippen LogP contribution < -0.4 is 10.1 Å². The molecule has 3 heterocycles. The number of hydrogen-bond donors (Lipinski definition) is 1. The topological polar surface area (TPSA) is 103 Å². The first-order valence-corrected chi connectivity index (χ1v) is 12.5. The van der Waals surface area contributed by atoms with Gasteiger partial charge in [0.25, 0.3) is 5.91 Å². The molecule has 0 unspecified atom stereocenters. The largest absolute Gasteiger partial charge is 0.456 e. The van der Waals surface area contributed by atoms with E-state index in [0.29, 0.717) is 11.4 Å². The molecular weight excluding hydrogens is 464 g/mol. The molecule has 2 aromatic carbocycles. The highest BCUT2D eigenvalue weighted by Gasteiger charge is 2.18. The molecule has 1 amide bonds. The Balaban J connectivity index is 1.40. The van der Waals surface area contributed by atoms with Crippen LogP contribution in [0.25, 0.3) is 16.9 Å². The fourth-order valence-corrected chi connectivity index (χ4v) is 4.17. The fourth-order valence-electron chi connectivity index (χ4n) is 3.54. The lowest BCUT2D eigenvalue weighted by Gasteiger charge is -2.13. The summed E-state index contributed by atoms with van der Waals surface area (Å²) in [5.41, 5.74) is 3.34. The maximum Gasteiger partial charge on any atom is 0.259 e. The summed E-state index contributed by atoms with van der Waals surface area (Å²) in [6.45, 7) is 0. The van der Waals surface area contributed by atoms with Crippen molar-refractivity contribution in [2.75, 3.05) is 11.6 Å². The Kier molecular flexibility index (Phi) is 5.76. The Morgan fingerprint density at radius 2 is 1.74 bits per heavy atom. The smallest absolute Gasteiger partial charge is 0.259 e. The van der Waals surface area contributed by atoms with Crippen molar-refractivity contribution < 1.29 is 17.9 Å². The molecule has 0 bridgehead atoms. The summed E-state index contributed by atoms with van der Waals surface area (Å²) >= 11 is 0. The molecule has 0 aliphatic rings. The molecule has 0 spiro atoms. The first-order chi connectivity index (χ1) is 16.9. The van der Waals surface area contributed by atoms with Crippen molar-refractivity contribution in [3.63, 3.8) is 0 Å². The SMILES string of the molecule is CS(=O)(=O)c1ccc(C(=O)Nc2ccc(-c3cn4ccccc4n3)cc2)c(Oc2ccncc2)c1. The van der Waals surface area contributed by atoms with Crippen molar-refractivity contribution in [3.8, 4) is 22.8 Å². The number of amides is 1. The third-order valence-corrected chi connectivity index (χ3v) is 6.42. The Bertz CT molecular complexity index is 1600. The molecule has 3 aromatic heterocycles. The number of rotatable bonds is 6. The van der Waals surface area contributed by atoms with Crippen LogP contribution in [-0.4, -0.2) is 34.9 Å². The van der Waals surface area contributed by atoms with Crippen molar-refractivity contribution >= 4 is 27.1 Å². The van der Waals surface area contributed by atoms with Gasteiger partial charge in [0.1, 0.15) is 17.1 Å². The van der Waals surface area contributed by atoms with Crippen molar-refractivity contribution in [1.82, 2.24) is 14.4 Å². The van der Waals surface area contributed by atoms with E-state index < -0.39 is 15.7 Å². The quantitative estimate of drug-likeness (QED) is 0.370. The summed E-state index contributed by atoms with van der Waals surface area (Å²) < 4.78 is 31.9. The van der Waals surface area contributed by atoms with Gasteiger partial charge >= 0.3 is 0 Å². The van der Waals surface area contributed by atoms with Crippen LogP contribution >= 0.6 is 0 Å². The molecule has 35 heavy (non-hydrogen) atoms. The normalized spacial score (nSPS) is 11.3. The van der Waals surface area contributed by atoms with Gasteiger partial charge in [-0.05, 0) is 48.5 Å². The van der Waals surface area contributed by atoms with Crippen LogP contribution in [0, 0.1) is 0 Å². The van der Waals surface area contributed by atoms with Gasteiger partial charge in [-0.25, -0.2) is 13.4 Å². The maximum absolute atomic E-state index is 13.1. The lowest BCUT2D eigenvalue weighted by molar-refractivity contribution is 0.102. The number of aromatic nitrogens is 3. The molecule has 0 aliphatic carbocycles. The number of anilines is 1. The molecule has 8 nitrogen and oxygen atoms in total. The van der Waals surface area contributed by atoms with Crippen LogP contribution in [0.5, 0.6) is 11.5 Å². The molecule has 5 aromatic rings. The number of hydrogen-bond acceptors (Lipinski definition) is 6. The number of pyridine rings is 2. The average Bonchev–Trinajstić information content (AvgIpc) is 3.29. The summed E-state index contributed by atoms with van der Waals surface area (Å²) in [4.78, 5) is 21.7. The highest BCUT2D eigenvalue weighted by atomic mass is 32.2. The number of nitrogens with zero attached hydrogens (tertiary/aromatic N) is 3. The van der Waals surface area contributed by atoms with Crippen LogP contribution in [0.3, 0.4) is 0 Å². The van der Waals surface area contributed by atoms with E-state index in [1.165, 1.54) is 18.2 Å². The Morgan fingerprint density at radius 3 is 2.46 bits per heavy atom. The van der Waals surface area contributed by atoms with Crippen molar-refractivity contribution in [1.29, 1.82) is 0 Å². The van der Waals surface area contributed by atoms with Crippen molar-refractivity contribution in [3.05, 3.63) is 103 Å². The molecule has 0 saturated carbocycles. The third-order valence-electron chi connectivity index (χ3n) is 5.31. The number of ether oxygens (including phenoxy) is 1. The lowest BCUT2D eigenvalue weighted by Crippen LogP contribution is -2.13. The van der Waals surface area contributed by atoms with E-state index in [1.54, 1.807) is 36.7 Å².